The molecular formula is C17H21NO5. The maximum Gasteiger partial charge on any atom is 0.306 e. The zero-order valence-corrected chi connectivity index (χ0v) is 13.2. The topological polar surface area (TPSA) is 65.1 Å². The highest BCUT2D eigenvalue weighted by atomic mass is 16.7. The highest BCUT2D eigenvalue weighted by molar-refractivity contribution is 5.86. The van der Waals surface area contributed by atoms with Crippen LogP contribution in [0.15, 0.2) is 18.2 Å². The summed E-state index contributed by atoms with van der Waals surface area (Å²) < 4.78 is 16.0. The minimum absolute atomic E-state index is 0.124. The maximum atomic E-state index is 12.7. The predicted molar refractivity (Wildman–Crippen MR) is 82.0 cm³/mol. The second-order valence-corrected chi connectivity index (χ2v) is 5.78. The van der Waals surface area contributed by atoms with Gasteiger partial charge in [0.25, 0.3) is 5.91 Å². The predicted octanol–water partition coefficient (Wildman–Crippen LogP) is 2.25. The monoisotopic (exact) mass is 319 g/mol. The molecule has 3 rings (SSSR count). The number of esters is 1. The fourth-order valence-electron chi connectivity index (χ4n) is 2.84. The third-order valence-electron chi connectivity index (χ3n) is 4.09. The van der Waals surface area contributed by atoms with E-state index in [2.05, 4.69) is 6.92 Å². The molecular weight excluding hydrogens is 298 g/mol. The molecule has 0 spiro atoms. The van der Waals surface area contributed by atoms with Gasteiger partial charge in [0.2, 0.25) is 6.79 Å². The Morgan fingerprint density at radius 1 is 1.35 bits per heavy atom. The van der Waals surface area contributed by atoms with Gasteiger partial charge in [0.15, 0.2) is 17.6 Å². The van der Waals surface area contributed by atoms with Crippen molar-refractivity contribution in [2.45, 2.75) is 45.3 Å². The van der Waals surface area contributed by atoms with E-state index in [9.17, 15) is 9.59 Å². The lowest BCUT2D eigenvalue weighted by molar-refractivity contribution is -0.153. The van der Waals surface area contributed by atoms with E-state index in [4.69, 9.17) is 14.2 Å². The zero-order chi connectivity index (χ0) is 16.2. The minimum Gasteiger partial charge on any atom is -0.454 e. The van der Waals surface area contributed by atoms with E-state index >= 15 is 0 Å². The van der Waals surface area contributed by atoms with Crippen LogP contribution in [0.25, 0.3) is 0 Å². The Kier molecular flexibility index (Phi) is 4.69. The fourth-order valence-corrected chi connectivity index (χ4v) is 2.84. The van der Waals surface area contributed by atoms with Crippen molar-refractivity contribution in [3.05, 3.63) is 23.8 Å². The Labute approximate surface area is 135 Å². The van der Waals surface area contributed by atoms with Gasteiger partial charge < -0.3 is 19.1 Å². The summed E-state index contributed by atoms with van der Waals surface area (Å²) in [6, 6.07) is 5.67. The van der Waals surface area contributed by atoms with Crippen molar-refractivity contribution in [2.24, 2.45) is 0 Å². The lowest BCUT2D eigenvalue weighted by Crippen LogP contribution is -2.39. The van der Waals surface area contributed by atoms with E-state index in [0.717, 1.165) is 18.4 Å². The summed E-state index contributed by atoms with van der Waals surface area (Å²) in [5.74, 6) is 0.986. The minimum atomic E-state index is -0.645. The van der Waals surface area contributed by atoms with Gasteiger partial charge in [-0.2, -0.15) is 0 Å². The highest BCUT2D eigenvalue weighted by Crippen LogP contribution is 2.36. The number of rotatable bonds is 6. The number of unbranched alkanes of at least 4 members (excludes halogenated alkanes) is 1. The van der Waals surface area contributed by atoms with Gasteiger partial charge in [-0.05, 0) is 12.5 Å². The van der Waals surface area contributed by atoms with Crippen LogP contribution in [-0.4, -0.2) is 36.2 Å². The van der Waals surface area contributed by atoms with Gasteiger partial charge in [-0.15, -0.1) is 0 Å². The molecule has 2 aliphatic rings. The SMILES string of the molecule is CCCCN(Cc1cccc2c1OCO2)C(=O)[C@@H]1CCC(=O)O1. The molecule has 1 fully saturated rings. The van der Waals surface area contributed by atoms with Gasteiger partial charge in [-0.3, -0.25) is 9.59 Å². The summed E-state index contributed by atoms with van der Waals surface area (Å²) in [7, 11) is 0. The van der Waals surface area contributed by atoms with Gasteiger partial charge in [0, 0.05) is 31.5 Å². The quantitative estimate of drug-likeness (QED) is 0.753. The lowest BCUT2D eigenvalue weighted by Gasteiger charge is -2.25. The standard InChI is InChI=1S/C17H21NO5/c1-2-3-9-18(17(20)14-7-8-15(19)23-14)10-12-5-4-6-13-16(12)22-11-21-13/h4-6,14H,2-3,7-11H2,1H3/t14-/m0/s1. The third kappa shape index (κ3) is 3.41. The van der Waals surface area contributed by atoms with E-state index in [1.54, 1.807) is 4.90 Å². The lowest BCUT2D eigenvalue weighted by atomic mass is 10.1. The molecule has 0 N–H and O–H groups in total. The van der Waals surface area contributed by atoms with Crippen LogP contribution in [0.3, 0.4) is 0 Å². The van der Waals surface area contributed by atoms with Gasteiger partial charge in [0.1, 0.15) is 0 Å². The van der Waals surface area contributed by atoms with Crippen molar-refractivity contribution in [2.75, 3.05) is 13.3 Å². The molecule has 0 unspecified atom stereocenters. The van der Waals surface area contributed by atoms with Gasteiger partial charge in [-0.1, -0.05) is 25.5 Å². The molecule has 1 amide bonds. The Hall–Kier alpha value is -2.24. The number of fused-ring (bicyclic) bond motifs is 1. The van der Waals surface area contributed by atoms with Crippen molar-refractivity contribution in [1.82, 2.24) is 4.90 Å². The van der Waals surface area contributed by atoms with Gasteiger partial charge in [-0.25, -0.2) is 0 Å². The first-order valence-corrected chi connectivity index (χ1v) is 8.04. The summed E-state index contributed by atoms with van der Waals surface area (Å²) in [4.78, 5) is 25.7. The summed E-state index contributed by atoms with van der Waals surface area (Å²) in [5.41, 5.74) is 0.911. The van der Waals surface area contributed by atoms with E-state index < -0.39 is 6.10 Å². The second-order valence-electron chi connectivity index (χ2n) is 5.78. The molecule has 1 atom stereocenters. The molecule has 2 heterocycles. The summed E-state index contributed by atoms with van der Waals surface area (Å²) >= 11 is 0. The van der Waals surface area contributed by atoms with Crippen molar-refractivity contribution in [3.8, 4) is 11.5 Å². The van der Waals surface area contributed by atoms with E-state index in [-0.39, 0.29) is 18.7 Å². The van der Waals surface area contributed by atoms with Crippen molar-refractivity contribution in [3.63, 3.8) is 0 Å². The highest BCUT2D eigenvalue weighted by Gasteiger charge is 2.33. The molecule has 23 heavy (non-hydrogen) atoms. The van der Waals surface area contributed by atoms with E-state index in [0.29, 0.717) is 37.4 Å². The molecule has 0 saturated carbocycles. The molecule has 1 aromatic rings. The number of nitrogens with zero attached hydrogens (tertiary/aromatic N) is 1. The van der Waals surface area contributed by atoms with Crippen LogP contribution < -0.4 is 9.47 Å². The molecule has 2 aliphatic heterocycles. The molecule has 0 aromatic heterocycles. The molecule has 124 valence electrons. The van der Waals surface area contributed by atoms with Crippen LogP contribution >= 0.6 is 0 Å². The van der Waals surface area contributed by atoms with Crippen LogP contribution in [0.4, 0.5) is 0 Å². The Bertz CT molecular complexity index is 601. The van der Waals surface area contributed by atoms with Crippen molar-refractivity contribution in [1.29, 1.82) is 0 Å². The normalized spacial score (nSPS) is 18.8. The van der Waals surface area contributed by atoms with Gasteiger partial charge in [0.05, 0.1) is 0 Å². The Morgan fingerprint density at radius 2 is 2.22 bits per heavy atom. The number of amides is 1. The van der Waals surface area contributed by atoms with Crippen LogP contribution in [0.1, 0.15) is 38.2 Å². The van der Waals surface area contributed by atoms with Gasteiger partial charge >= 0.3 is 5.97 Å². The first-order valence-electron chi connectivity index (χ1n) is 8.04. The molecule has 0 aliphatic carbocycles. The molecule has 6 heteroatoms. The summed E-state index contributed by atoms with van der Waals surface area (Å²) in [6.07, 6.45) is 2.02. The Balaban J connectivity index is 1.75. The largest absolute Gasteiger partial charge is 0.454 e. The second kappa shape index (κ2) is 6.89. The molecule has 0 bridgehead atoms. The average Bonchev–Trinajstić information content (AvgIpc) is 3.19. The average molecular weight is 319 g/mol. The summed E-state index contributed by atoms with van der Waals surface area (Å²) in [6.45, 7) is 3.35. The number of hydrogen-bond acceptors (Lipinski definition) is 5. The first kappa shape index (κ1) is 15.6. The van der Waals surface area contributed by atoms with Crippen LogP contribution in [0, 0.1) is 0 Å². The Morgan fingerprint density at radius 3 is 2.96 bits per heavy atom. The summed E-state index contributed by atoms with van der Waals surface area (Å²) in [5, 5.41) is 0. The number of hydrogen-bond donors (Lipinski definition) is 0. The maximum absolute atomic E-state index is 12.7. The smallest absolute Gasteiger partial charge is 0.306 e. The number of cyclic esters (lactones) is 1. The molecule has 6 nitrogen and oxygen atoms in total. The molecule has 1 aromatic carbocycles. The first-order chi connectivity index (χ1) is 11.2. The number of ether oxygens (including phenoxy) is 3. The van der Waals surface area contributed by atoms with Crippen LogP contribution in [0.2, 0.25) is 0 Å². The number of benzene rings is 1. The number of para-hydroxylation sites is 1. The van der Waals surface area contributed by atoms with Crippen molar-refractivity contribution < 1.29 is 23.8 Å². The van der Waals surface area contributed by atoms with Crippen LogP contribution in [0.5, 0.6) is 11.5 Å². The zero-order valence-electron chi connectivity index (χ0n) is 13.2. The van der Waals surface area contributed by atoms with E-state index in [1.165, 1.54) is 0 Å². The fraction of sp³-hybridized carbons (Fsp3) is 0.529. The number of carbonyl (C=O) groups excluding carboxylic acids is 2. The van der Waals surface area contributed by atoms with Crippen LogP contribution in [-0.2, 0) is 20.9 Å². The van der Waals surface area contributed by atoms with Crippen molar-refractivity contribution >= 4 is 11.9 Å². The molecule has 1 saturated heterocycles. The molecule has 0 radical (unpaired) electrons. The van der Waals surface area contributed by atoms with E-state index in [1.807, 2.05) is 18.2 Å². The number of carbonyl (C=O) groups is 2. The third-order valence-corrected chi connectivity index (χ3v) is 4.09.